The molecule has 0 saturated heterocycles. The third-order valence-corrected chi connectivity index (χ3v) is 5.60. The van der Waals surface area contributed by atoms with Crippen LogP contribution >= 0.6 is 0 Å². The molecule has 0 spiro atoms. The van der Waals surface area contributed by atoms with Gasteiger partial charge in [-0.25, -0.2) is 9.59 Å². The number of methoxy groups -OCH3 is 1. The van der Waals surface area contributed by atoms with Gasteiger partial charge in [0.1, 0.15) is 5.60 Å². The summed E-state index contributed by atoms with van der Waals surface area (Å²) in [6, 6.07) is 15.0. The molecule has 1 amide bonds. The first-order valence-electron chi connectivity index (χ1n) is 11.5. The molecule has 9 heteroatoms. The normalized spacial score (nSPS) is 14.6. The van der Waals surface area contributed by atoms with E-state index < -0.39 is 53.3 Å². The second kappa shape index (κ2) is 11.8. The number of ketones is 1. The number of alkyl carbamates (subject to hydrolysis) is 1. The lowest BCUT2D eigenvalue weighted by Gasteiger charge is -2.37. The molecule has 2 rings (SSSR count). The van der Waals surface area contributed by atoms with Crippen molar-refractivity contribution >= 4 is 23.8 Å². The van der Waals surface area contributed by atoms with Gasteiger partial charge in [0.2, 0.25) is 0 Å². The number of carboxylic acid groups (broad SMARTS) is 1. The predicted molar refractivity (Wildman–Crippen MR) is 133 cm³/mol. The highest BCUT2D eigenvalue weighted by atomic mass is 16.6. The zero-order valence-electron chi connectivity index (χ0n) is 21.2. The van der Waals surface area contributed by atoms with Crippen molar-refractivity contribution < 1.29 is 33.8 Å². The Morgan fingerprint density at radius 1 is 0.972 bits per heavy atom. The highest BCUT2D eigenvalue weighted by Gasteiger charge is 2.51. The average Bonchev–Trinajstić information content (AvgIpc) is 2.78. The summed E-state index contributed by atoms with van der Waals surface area (Å²) < 4.78 is 10.3. The second-order valence-electron chi connectivity index (χ2n) is 9.72. The molecule has 2 aromatic carbocycles. The number of nitrogens with two attached hydrogens (primary N) is 1. The summed E-state index contributed by atoms with van der Waals surface area (Å²) in [4.78, 5) is 51.0. The van der Waals surface area contributed by atoms with E-state index in [2.05, 4.69) is 5.32 Å². The molecule has 0 aliphatic heterocycles. The standard InChI is InChI=1S/C27H34N2O7/c1-26(2,3)36-25(34)29-27(4,24(33)35-5)22(23(32)20(28)16-21(30)31)19-14-10-9-13-18(19)15-17-11-7-6-8-12-17/h6-14,20,22H,15-16,28H2,1-5H3,(H,29,34)(H,30,31)/t20-,22?,27-/m0/s1. The van der Waals surface area contributed by atoms with Crippen molar-refractivity contribution in [1.82, 2.24) is 5.32 Å². The molecule has 0 heterocycles. The molecule has 0 bridgehead atoms. The number of carbonyl (C=O) groups excluding carboxylic acids is 3. The van der Waals surface area contributed by atoms with Gasteiger partial charge in [0.25, 0.3) is 0 Å². The van der Waals surface area contributed by atoms with E-state index in [-0.39, 0.29) is 0 Å². The molecule has 2 aromatic rings. The van der Waals surface area contributed by atoms with Gasteiger partial charge >= 0.3 is 18.0 Å². The Bertz CT molecular complexity index is 1090. The van der Waals surface area contributed by atoms with Crippen LogP contribution in [0.5, 0.6) is 0 Å². The van der Waals surface area contributed by atoms with Crippen molar-refractivity contribution in [2.75, 3.05) is 7.11 Å². The van der Waals surface area contributed by atoms with Gasteiger partial charge in [-0.2, -0.15) is 0 Å². The average molecular weight is 499 g/mol. The van der Waals surface area contributed by atoms with Gasteiger partial charge in [-0.05, 0) is 50.8 Å². The number of Topliss-reactive ketones (excluding diaryl/α,β-unsaturated/α-hetero) is 1. The molecule has 0 aliphatic carbocycles. The summed E-state index contributed by atoms with van der Waals surface area (Å²) in [7, 11) is 1.13. The van der Waals surface area contributed by atoms with E-state index in [9.17, 15) is 24.3 Å². The van der Waals surface area contributed by atoms with Crippen molar-refractivity contribution in [1.29, 1.82) is 0 Å². The fourth-order valence-electron chi connectivity index (χ4n) is 4.01. The van der Waals surface area contributed by atoms with E-state index in [0.29, 0.717) is 17.5 Å². The van der Waals surface area contributed by atoms with E-state index in [0.717, 1.165) is 12.7 Å². The van der Waals surface area contributed by atoms with Crippen LogP contribution in [-0.2, 0) is 30.3 Å². The van der Waals surface area contributed by atoms with Gasteiger partial charge in [0.05, 0.1) is 25.5 Å². The summed E-state index contributed by atoms with van der Waals surface area (Å²) in [5.41, 5.74) is 5.22. The van der Waals surface area contributed by atoms with E-state index in [1.54, 1.807) is 45.0 Å². The minimum absolute atomic E-state index is 0.413. The monoisotopic (exact) mass is 498 g/mol. The second-order valence-corrected chi connectivity index (χ2v) is 9.72. The Balaban J connectivity index is 2.69. The maximum absolute atomic E-state index is 13.7. The largest absolute Gasteiger partial charge is 0.481 e. The van der Waals surface area contributed by atoms with Crippen LogP contribution in [-0.4, -0.2) is 53.2 Å². The highest BCUT2D eigenvalue weighted by Crippen LogP contribution is 2.35. The van der Waals surface area contributed by atoms with E-state index in [1.165, 1.54) is 6.92 Å². The summed E-state index contributed by atoms with van der Waals surface area (Å²) in [5.74, 6) is -4.29. The van der Waals surface area contributed by atoms with Crippen molar-refractivity contribution in [3.63, 3.8) is 0 Å². The molecule has 1 unspecified atom stereocenters. The maximum atomic E-state index is 13.7. The van der Waals surface area contributed by atoms with Crippen LogP contribution in [0.15, 0.2) is 54.6 Å². The minimum Gasteiger partial charge on any atom is -0.481 e. The molecule has 0 radical (unpaired) electrons. The number of nitrogens with one attached hydrogen (secondary N) is 1. The van der Waals surface area contributed by atoms with E-state index in [1.807, 2.05) is 30.3 Å². The van der Waals surface area contributed by atoms with Crippen LogP contribution in [0, 0.1) is 0 Å². The first kappa shape index (κ1) is 28.5. The fourth-order valence-corrected chi connectivity index (χ4v) is 4.01. The quantitative estimate of drug-likeness (QED) is 0.424. The summed E-state index contributed by atoms with van der Waals surface area (Å²) in [6.07, 6.45) is -1.18. The van der Waals surface area contributed by atoms with Crippen LogP contribution in [0.2, 0.25) is 0 Å². The predicted octanol–water partition coefficient (Wildman–Crippen LogP) is 3.19. The number of hydrogen-bond donors (Lipinski definition) is 3. The molecule has 0 fully saturated rings. The number of carboxylic acids is 1. The molecule has 3 atom stereocenters. The Morgan fingerprint density at radius 3 is 2.11 bits per heavy atom. The lowest BCUT2D eigenvalue weighted by Crippen LogP contribution is -2.61. The number of carbonyl (C=O) groups is 4. The van der Waals surface area contributed by atoms with Crippen LogP contribution in [0.4, 0.5) is 4.79 Å². The molecular weight excluding hydrogens is 464 g/mol. The Labute approximate surface area is 211 Å². The van der Waals surface area contributed by atoms with Gasteiger partial charge in [-0.1, -0.05) is 54.6 Å². The molecule has 9 nitrogen and oxygen atoms in total. The molecule has 36 heavy (non-hydrogen) atoms. The number of ether oxygens (including phenoxy) is 2. The number of benzene rings is 2. The summed E-state index contributed by atoms with van der Waals surface area (Å²) >= 11 is 0. The van der Waals surface area contributed by atoms with Crippen LogP contribution in [0.3, 0.4) is 0 Å². The van der Waals surface area contributed by atoms with Gasteiger partial charge in [0.15, 0.2) is 11.3 Å². The first-order valence-corrected chi connectivity index (χ1v) is 11.5. The summed E-state index contributed by atoms with van der Waals surface area (Å²) in [6.45, 7) is 6.31. The molecule has 0 aromatic heterocycles. The molecular formula is C27H34N2O7. The number of amides is 1. The Morgan fingerprint density at radius 2 is 1.56 bits per heavy atom. The smallest absolute Gasteiger partial charge is 0.408 e. The van der Waals surface area contributed by atoms with Gasteiger partial charge in [-0.3, -0.25) is 9.59 Å². The molecule has 0 aliphatic rings. The zero-order valence-corrected chi connectivity index (χ0v) is 21.2. The van der Waals surface area contributed by atoms with Gasteiger partial charge in [-0.15, -0.1) is 0 Å². The summed E-state index contributed by atoms with van der Waals surface area (Å²) in [5, 5.41) is 11.8. The number of rotatable bonds is 10. The minimum atomic E-state index is -1.96. The third-order valence-electron chi connectivity index (χ3n) is 5.60. The van der Waals surface area contributed by atoms with Crippen molar-refractivity contribution in [2.24, 2.45) is 5.73 Å². The lowest BCUT2D eigenvalue weighted by atomic mass is 9.73. The highest BCUT2D eigenvalue weighted by molar-refractivity contribution is 6.01. The number of aliphatic carboxylic acids is 1. The van der Waals surface area contributed by atoms with Crippen molar-refractivity contribution in [3.8, 4) is 0 Å². The van der Waals surface area contributed by atoms with Crippen LogP contribution < -0.4 is 11.1 Å². The van der Waals surface area contributed by atoms with Gasteiger partial charge < -0.3 is 25.6 Å². The van der Waals surface area contributed by atoms with Crippen LogP contribution in [0.1, 0.15) is 56.7 Å². The van der Waals surface area contributed by atoms with Gasteiger partial charge in [0, 0.05) is 0 Å². The first-order chi connectivity index (χ1) is 16.8. The molecule has 4 N–H and O–H groups in total. The van der Waals surface area contributed by atoms with Crippen LogP contribution in [0.25, 0.3) is 0 Å². The van der Waals surface area contributed by atoms with E-state index >= 15 is 0 Å². The fraction of sp³-hybridized carbons (Fsp3) is 0.407. The number of esters is 1. The van der Waals surface area contributed by atoms with Crippen molar-refractivity contribution in [3.05, 3.63) is 71.3 Å². The topological polar surface area (TPSA) is 145 Å². The maximum Gasteiger partial charge on any atom is 0.408 e. The molecule has 0 saturated carbocycles. The van der Waals surface area contributed by atoms with E-state index in [4.69, 9.17) is 15.2 Å². The molecule has 194 valence electrons. The Kier molecular flexibility index (Phi) is 9.35. The SMILES string of the molecule is COC(=O)[C@@](C)(NC(=O)OC(C)(C)C)C(C(=O)[C@@H](N)CC(=O)O)c1ccccc1Cc1ccccc1. The number of hydrogen-bond acceptors (Lipinski definition) is 7. The lowest BCUT2D eigenvalue weighted by molar-refractivity contribution is -0.151. The van der Waals surface area contributed by atoms with Crippen molar-refractivity contribution in [2.45, 2.75) is 63.6 Å². The Hall–Kier alpha value is -3.72. The zero-order chi connectivity index (χ0) is 27.1. The third kappa shape index (κ3) is 7.39.